The van der Waals surface area contributed by atoms with Crippen LogP contribution in [0.25, 0.3) is 0 Å². The Morgan fingerprint density at radius 3 is 2.59 bits per heavy atom. The van der Waals surface area contributed by atoms with Crippen LogP contribution in [0.2, 0.25) is 5.02 Å². The maximum atomic E-state index is 6.22. The summed E-state index contributed by atoms with van der Waals surface area (Å²) in [4.78, 5) is 0. The van der Waals surface area contributed by atoms with Crippen molar-refractivity contribution in [3.8, 4) is 11.5 Å². The Morgan fingerprint density at radius 2 is 2.06 bits per heavy atom. The van der Waals surface area contributed by atoms with Gasteiger partial charge in [0, 0.05) is 5.56 Å². The van der Waals surface area contributed by atoms with E-state index in [1.807, 2.05) is 26.0 Å². The fourth-order valence-corrected chi connectivity index (χ4v) is 1.98. The summed E-state index contributed by atoms with van der Waals surface area (Å²) in [7, 11) is 1.64. The van der Waals surface area contributed by atoms with Gasteiger partial charge in [0.2, 0.25) is 0 Å². The maximum Gasteiger partial charge on any atom is 0.139 e. The number of rotatable bonds is 4. The molecule has 0 aliphatic rings. The average molecular weight is 384 g/mol. The fraction of sp³-hybridized carbons (Fsp3) is 0.333. The number of benzene rings is 1. The molecule has 0 atom stereocenters. The highest BCUT2D eigenvalue weighted by molar-refractivity contribution is 9.28. The summed E-state index contributed by atoms with van der Waals surface area (Å²) in [5.41, 5.74) is 1.90. The molecule has 2 nitrogen and oxygen atoms in total. The summed E-state index contributed by atoms with van der Waals surface area (Å²) in [6.45, 7) is 4.32. The van der Waals surface area contributed by atoms with Crippen molar-refractivity contribution in [2.24, 2.45) is 0 Å². The van der Waals surface area contributed by atoms with Gasteiger partial charge in [-0.1, -0.05) is 11.6 Å². The topological polar surface area (TPSA) is 18.5 Å². The molecule has 5 heteroatoms. The van der Waals surface area contributed by atoms with Crippen LogP contribution in [0, 0.1) is 13.8 Å². The molecule has 0 bridgehead atoms. The van der Waals surface area contributed by atoms with Crippen LogP contribution < -0.4 is 9.47 Å². The first-order valence-electron chi connectivity index (χ1n) is 4.95. The number of halogens is 3. The lowest BCUT2D eigenvalue weighted by Gasteiger charge is -2.14. The van der Waals surface area contributed by atoms with E-state index < -0.39 is 0 Å². The lowest BCUT2D eigenvalue weighted by Crippen LogP contribution is -1.98. The van der Waals surface area contributed by atoms with Crippen LogP contribution >= 0.6 is 43.5 Å². The zero-order chi connectivity index (χ0) is 13.0. The first kappa shape index (κ1) is 14.9. The molecule has 0 radical (unpaired) electrons. The summed E-state index contributed by atoms with van der Waals surface area (Å²) in [5, 5.41) is 0.589. The van der Waals surface area contributed by atoms with Gasteiger partial charge in [-0.2, -0.15) is 0 Å². The van der Waals surface area contributed by atoms with Crippen LogP contribution in [0.15, 0.2) is 15.5 Å². The fourth-order valence-electron chi connectivity index (χ4n) is 1.52. The summed E-state index contributed by atoms with van der Waals surface area (Å²) >= 11 is 12.7. The van der Waals surface area contributed by atoms with Crippen molar-refractivity contribution in [1.82, 2.24) is 0 Å². The Kier molecular flexibility index (Phi) is 5.83. The minimum absolute atomic E-state index is 0.441. The Bertz CT molecular complexity index is 441. The summed E-state index contributed by atoms with van der Waals surface area (Å²) in [6, 6.07) is 1.88. The zero-order valence-corrected chi connectivity index (χ0v) is 13.7. The maximum absolute atomic E-state index is 6.22. The lowest BCUT2D eigenvalue weighted by atomic mass is 10.1. The average Bonchev–Trinajstić information content (AvgIpc) is 2.25. The second-order valence-electron chi connectivity index (χ2n) is 3.47. The molecule has 1 aromatic carbocycles. The molecule has 0 unspecified atom stereocenters. The molecular formula is C12H13Br2ClO2. The highest BCUT2D eigenvalue weighted by Crippen LogP contribution is 2.37. The van der Waals surface area contributed by atoms with Gasteiger partial charge in [0.05, 0.1) is 15.5 Å². The molecule has 94 valence electrons. The van der Waals surface area contributed by atoms with E-state index in [0.717, 1.165) is 20.3 Å². The Labute approximate surface area is 123 Å². The predicted molar refractivity (Wildman–Crippen MR) is 78.9 cm³/mol. The van der Waals surface area contributed by atoms with Crippen LogP contribution in [0.1, 0.15) is 11.1 Å². The van der Waals surface area contributed by atoms with Gasteiger partial charge in [-0.3, -0.25) is 0 Å². The van der Waals surface area contributed by atoms with Crippen LogP contribution in [-0.4, -0.2) is 13.7 Å². The third-order valence-corrected chi connectivity index (χ3v) is 3.39. The Morgan fingerprint density at radius 1 is 1.41 bits per heavy atom. The predicted octanol–water partition coefficient (Wildman–Crippen LogP) is 4.98. The summed E-state index contributed by atoms with van der Waals surface area (Å²) in [5.74, 6) is 1.47. The molecule has 0 amide bonds. The van der Waals surface area contributed by atoms with E-state index in [-0.39, 0.29) is 0 Å². The normalized spacial score (nSPS) is 10.0. The molecule has 0 fully saturated rings. The Hall–Kier alpha value is -0.190. The van der Waals surface area contributed by atoms with Crippen LogP contribution in [0.5, 0.6) is 11.5 Å². The Balaban J connectivity index is 2.98. The first-order valence-corrected chi connectivity index (χ1v) is 6.91. The minimum atomic E-state index is 0.441. The minimum Gasteiger partial charge on any atom is -0.496 e. The van der Waals surface area contributed by atoms with Crippen molar-refractivity contribution >= 4 is 43.5 Å². The van der Waals surface area contributed by atoms with Gasteiger partial charge in [-0.05, 0) is 63.4 Å². The van der Waals surface area contributed by atoms with Gasteiger partial charge >= 0.3 is 0 Å². The first-order chi connectivity index (χ1) is 7.97. The van der Waals surface area contributed by atoms with E-state index in [9.17, 15) is 0 Å². The number of methoxy groups -OCH3 is 1. The van der Waals surface area contributed by atoms with Gasteiger partial charge in [0.1, 0.15) is 18.1 Å². The zero-order valence-electron chi connectivity index (χ0n) is 9.81. The smallest absolute Gasteiger partial charge is 0.139 e. The van der Waals surface area contributed by atoms with E-state index in [2.05, 4.69) is 31.9 Å². The molecule has 0 aliphatic heterocycles. The van der Waals surface area contributed by atoms with Gasteiger partial charge in [-0.15, -0.1) is 0 Å². The molecule has 0 heterocycles. The monoisotopic (exact) mass is 382 g/mol. The molecule has 0 saturated carbocycles. The number of hydrogen-bond acceptors (Lipinski definition) is 2. The molecule has 0 aliphatic carbocycles. The van der Waals surface area contributed by atoms with Crippen molar-refractivity contribution in [3.05, 3.63) is 31.7 Å². The second kappa shape index (κ2) is 6.66. The van der Waals surface area contributed by atoms with E-state index >= 15 is 0 Å². The molecule has 17 heavy (non-hydrogen) atoms. The lowest BCUT2D eigenvalue weighted by molar-refractivity contribution is 0.360. The molecule has 0 N–H and O–H groups in total. The molecule has 1 rings (SSSR count). The third kappa shape index (κ3) is 3.90. The highest BCUT2D eigenvalue weighted by Gasteiger charge is 2.12. The molecule has 0 saturated heterocycles. The van der Waals surface area contributed by atoms with E-state index in [4.69, 9.17) is 21.1 Å². The molecule has 1 aromatic rings. The van der Waals surface area contributed by atoms with Gasteiger partial charge < -0.3 is 9.47 Å². The van der Waals surface area contributed by atoms with Crippen molar-refractivity contribution < 1.29 is 9.47 Å². The number of aryl methyl sites for hydroxylation is 1. The standard InChI is InChI=1S/C12H13Br2ClO2/c1-7-6-9(17-5-4-10(13)14)11(15)8(2)12(7)16-3/h4,6H,5H2,1-3H3. The van der Waals surface area contributed by atoms with Gasteiger partial charge in [-0.25, -0.2) is 0 Å². The van der Waals surface area contributed by atoms with E-state index in [1.54, 1.807) is 7.11 Å². The van der Waals surface area contributed by atoms with Gasteiger partial charge in [0.25, 0.3) is 0 Å². The number of ether oxygens (including phenoxy) is 2. The third-order valence-electron chi connectivity index (χ3n) is 2.27. The molecular weight excluding hydrogens is 371 g/mol. The van der Waals surface area contributed by atoms with Crippen LogP contribution in [0.4, 0.5) is 0 Å². The van der Waals surface area contributed by atoms with Gasteiger partial charge in [0.15, 0.2) is 0 Å². The van der Waals surface area contributed by atoms with E-state index in [0.29, 0.717) is 17.4 Å². The SMILES string of the molecule is COc1c(C)cc(OCC=C(Br)Br)c(Cl)c1C. The summed E-state index contributed by atoms with van der Waals surface area (Å²) in [6.07, 6.45) is 1.85. The van der Waals surface area contributed by atoms with Crippen LogP contribution in [0.3, 0.4) is 0 Å². The molecule has 0 spiro atoms. The van der Waals surface area contributed by atoms with Crippen molar-refractivity contribution in [2.45, 2.75) is 13.8 Å². The quantitative estimate of drug-likeness (QED) is 0.729. The highest BCUT2D eigenvalue weighted by atomic mass is 79.9. The second-order valence-corrected chi connectivity index (χ2v) is 6.62. The molecule has 0 aromatic heterocycles. The van der Waals surface area contributed by atoms with Crippen molar-refractivity contribution in [2.75, 3.05) is 13.7 Å². The van der Waals surface area contributed by atoms with E-state index in [1.165, 1.54) is 0 Å². The summed E-state index contributed by atoms with van der Waals surface area (Å²) < 4.78 is 11.7. The number of hydrogen-bond donors (Lipinski definition) is 0. The van der Waals surface area contributed by atoms with Crippen molar-refractivity contribution in [3.63, 3.8) is 0 Å². The van der Waals surface area contributed by atoms with Crippen LogP contribution in [-0.2, 0) is 0 Å². The largest absolute Gasteiger partial charge is 0.496 e. The van der Waals surface area contributed by atoms with Crippen molar-refractivity contribution in [1.29, 1.82) is 0 Å².